The Morgan fingerprint density at radius 1 is 0.396 bits per heavy atom. The van der Waals surface area contributed by atoms with E-state index < -0.39 is 0 Å². The lowest BCUT2D eigenvalue weighted by atomic mass is 10.0. The fraction of sp³-hybridized carbons (Fsp3) is 0. The van der Waals surface area contributed by atoms with Crippen molar-refractivity contribution >= 4 is 70.8 Å². The first kappa shape index (κ1) is 25.6. The lowest BCUT2D eigenvalue weighted by molar-refractivity contribution is 1.18. The second-order valence-electron chi connectivity index (χ2n) is 12.6. The number of hydrogen-bond acceptors (Lipinski definition) is 2. The van der Waals surface area contributed by atoms with Crippen molar-refractivity contribution in [2.75, 3.05) is 0 Å². The lowest BCUT2D eigenvalue weighted by Gasteiger charge is -2.13. The Morgan fingerprint density at radius 2 is 1.02 bits per heavy atom. The molecule has 0 aliphatic heterocycles. The fourth-order valence-corrected chi connectivity index (χ4v) is 8.04. The van der Waals surface area contributed by atoms with Crippen molar-refractivity contribution in [3.63, 3.8) is 0 Å². The van der Waals surface area contributed by atoms with E-state index in [2.05, 4.69) is 142 Å². The van der Waals surface area contributed by atoms with Crippen LogP contribution in [0, 0.1) is 0 Å². The summed E-state index contributed by atoms with van der Waals surface area (Å²) < 4.78 is 4.92. The van der Waals surface area contributed by atoms with Crippen LogP contribution in [0.2, 0.25) is 0 Å². The maximum atomic E-state index is 5.19. The highest BCUT2D eigenvalue weighted by molar-refractivity contribution is 6.33. The maximum Gasteiger partial charge on any atom is 0.160 e. The molecule has 11 aromatic rings. The van der Waals surface area contributed by atoms with Crippen LogP contribution in [0.4, 0.5) is 0 Å². The van der Waals surface area contributed by atoms with Crippen LogP contribution in [0.1, 0.15) is 0 Å². The number of benzene rings is 7. The lowest BCUT2D eigenvalue weighted by Crippen LogP contribution is -1.98. The van der Waals surface area contributed by atoms with E-state index in [4.69, 9.17) is 9.97 Å². The minimum atomic E-state index is 0.729. The molecule has 0 radical (unpaired) electrons. The number of hydrogen-bond donors (Lipinski definition) is 0. The zero-order chi connectivity index (χ0) is 31.3. The van der Waals surface area contributed by atoms with Crippen molar-refractivity contribution in [1.82, 2.24) is 18.9 Å². The molecule has 0 bridgehead atoms. The molecule has 0 spiro atoms. The van der Waals surface area contributed by atoms with E-state index in [0.717, 1.165) is 39.2 Å². The van der Waals surface area contributed by atoms with Gasteiger partial charge in [0.15, 0.2) is 5.82 Å². The van der Waals surface area contributed by atoms with Crippen LogP contribution in [-0.2, 0) is 0 Å². The molecule has 4 nitrogen and oxygen atoms in total. The van der Waals surface area contributed by atoms with E-state index in [9.17, 15) is 0 Å². The van der Waals surface area contributed by atoms with Crippen molar-refractivity contribution in [3.05, 3.63) is 158 Å². The Kier molecular flexibility index (Phi) is 5.08. The summed E-state index contributed by atoms with van der Waals surface area (Å²) in [7, 11) is 0. The molecule has 11 rings (SSSR count). The molecule has 7 aromatic carbocycles. The van der Waals surface area contributed by atoms with Gasteiger partial charge in [-0.1, -0.05) is 115 Å². The second kappa shape index (κ2) is 9.50. The van der Waals surface area contributed by atoms with Crippen LogP contribution in [0.25, 0.3) is 99.1 Å². The van der Waals surface area contributed by atoms with Gasteiger partial charge < -0.3 is 8.97 Å². The van der Waals surface area contributed by atoms with Gasteiger partial charge in [0.05, 0.1) is 38.8 Å². The van der Waals surface area contributed by atoms with Crippen LogP contribution in [0.5, 0.6) is 0 Å². The van der Waals surface area contributed by atoms with Crippen LogP contribution in [0.15, 0.2) is 158 Å². The summed E-state index contributed by atoms with van der Waals surface area (Å²) in [6.45, 7) is 0. The van der Waals surface area contributed by atoms with Crippen LogP contribution >= 0.6 is 0 Å². The van der Waals surface area contributed by atoms with Gasteiger partial charge >= 0.3 is 0 Å². The molecule has 0 saturated carbocycles. The van der Waals surface area contributed by atoms with Crippen LogP contribution in [-0.4, -0.2) is 18.9 Å². The largest absolute Gasteiger partial charge is 0.309 e. The third-order valence-corrected chi connectivity index (χ3v) is 10.0. The summed E-state index contributed by atoms with van der Waals surface area (Å²) in [5.74, 6) is 0.729. The SMILES string of the molecule is c1ccc(-c2nc(-c3ccccc3)c3cc(-n4c5cccc6c7ccccc7n7c8ccccc8c8ccc4c(c65)c87)ccc3n2)cc1. The molecule has 0 atom stereocenters. The Hall–Kier alpha value is -6.52. The van der Waals surface area contributed by atoms with Crippen molar-refractivity contribution in [1.29, 1.82) is 0 Å². The molecule has 48 heavy (non-hydrogen) atoms. The number of aromatic nitrogens is 4. The second-order valence-corrected chi connectivity index (χ2v) is 12.6. The van der Waals surface area contributed by atoms with Gasteiger partial charge in [-0.3, -0.25) is 0 Å². The quantitative estimate of drug-likeness (QED) is 0.199. The molecular weight excluding hydrogens is 585 g/mol. The molecule has 4 aromatic heterocycles. The van der Waals surface area contributed by atoms with E-state index in [1.807, 2.05) is 24.3 Å². The van der Waals surface area contributed by atoms with Gasteiger partial charge in [-0.15, -0.1) is 0 Å². The Bertz CT molecular complexity index is 3040. The van der Waals surface area contributed by atoms with Gasteiger partial charge in [0.25, 0.3) is 0 Å². The summed E-state index contributed by atoms with van der Waals surface area (Å²) in [5, 5.41) is 8.64. The molecule has 0 saturated heterocycles. The molecule has 0 N–H and O–H groups in total. The third kappa shape index (κ3) is 3.38. The molecule has 4 heteroatoms. The number of para-hydroxylation sites is 2. The van der Waals surface area contributed by atoms with E-state index >= 15 is 0 Å². The maximum absolute atomic E-state index is 5.19. The smallest absolute Gasteiger partial charge is 0.160 e. The Labute approximate surface area is 275 Å². The standard InChI is InChI=1S/C44H26N4/c1-3-12-27(13-4-1)42-34-26-29(22-24-35(34)45-44(46-42)28-14-5-2-6-15-28)47-38-21-11-18-32-30-16-7-9-19-36(30)48-37-20-10-8-17-31(37)33-23-25-39(47)41(40(32)38)43(33)48/h1-26H. The highest BCUT2D eigenvalue weighted by atomic mass is 15.0. The summed E-state index contributed by atoms with van der Waals surface area (Å²) >= 11 is 0. The van der Waals surface area contributed by atoms with Crippen molar-refractivity contribution < 1.29 is 0 Å². The van der Waals surface area contributed by atoms with Gasteiger partial charge in [-0.05, 0) is 47.9 Å². The summed E-state index contributed by atoms with van der Waals surface area (Å²) in [6, 6.07) is 56.4. The van der Waals surface area contributed by atoms with Crippen LogP contribution in [0.3, 0.4) is 0 Å². The normalized spacial score (nSPS) is 12.2. The Morgan fingerprint density at radius 3 is 1.79 bits per heavy atom. The molecule has 222 valence electrons. The third-order valence-electron chi connectivity index (χ3n) is 10.0. The average Bonchev–Trinajstić information content (AvgIpc) is 3.63. The first-order chi connectivity index (χ1) is 23.8. The first-order valence-electron chi connectivity index (χ1n) is 16.4. The van der Waals surface area contributed by atoms with E-state index in [-0.39, 0.29) is 0 Å². The molecule has 0 fully saturated rings. The number of nitrogens with zero attached hydrogens (tertiary/aromatic N) is 4. The summed E-state index contributed by atoms with van der Waals surface area (Å²) in [4.78, 5) is 10.3. The number of rotatable bonds is 3. The first-order valence-corrected chi connectivity index (χ1v) is 16.4. The zero-order valence-electron chi connectivity index (χ0n) is 25.8. The summed E-state index contributed by atoms with van der Waals surface area (Å²) in [6.07, 6.45) is 0. The summed E-state index contributed by atoms with van der Waals surface area (Å²) in [5.41, 5.74) is 11.1. The molecule has 4 heterocycles. The van der Waals surface area contributed by atoms with Crippen LogP contribution < -0.4 is 0 Å². The van der Waals surface area contributed by atoms with Crippen molar-refractivity contribution in [2.45, 2.75) is 0 Å². The van der Waals surface area contributed by atoms with Gasteiger partial charge in [0, 0.05) is 49.1 Å². The fourth-order valence-electron chi connectivity index (χ4n) is 8.04. The topological polar surface area (TPSA) is 35.1 Å². The highest BCUT2D eigenvalue weighted by Gasteiger charge is 2.23. The molecule has 0 amide bonds. The Balaban J connectivity index is 1.29. The average molecular weight is 611 g/mol. The molecule has 0 aliphatic carbocycles. The van der Waals surface area contributed by atoms with Gasteiger partial charge in [0.2, 0.25) is 0 Å². The van der Waals surface area contributed by atoms with E-state index in [1.54, 1.807) is 0 Å². The highest BCUT2D eigenvalue weighted by Crippen LogP contribution is 2.45. The van der Waals surface area contributed by atoms with Crippen molar-refractivity contribution in [2.24, 2.45) is 0 Å². The minimum absolute atomic E-state index is 0.729. The van der Waals surface area contributed by atoms with Crippen molar-refractivity contribution in [3.8, 4) is 28.3 Å². The predicted octanol–water partition coefficient (Wildman–Crippen LogP) is 11.2. The molecule has 0 unspecified atom stereocenters. The monoisotopic (exact) mass is 610 g/mol. The van der Waals surface area contributed by atoms with Gasteiger partial charge in [-0.2, -0.15) is 0 Å². The van der Waals surface area contributed by atoms with E-state index in [1.165, 1.54) is 59.9 Å². The van der Waals surface area contributed by atoms with E-state index in [0.29, 0.717) is 0 Å². The predicted molar refractivity (Wildman–Crippen MR) is 199 cm³/mol. The molecule has 0 aliphatic rings. The number of fused-ring (bicyclic) bond motifs is 7. The minimum Gasteiger partial charge on any atom is -0.309 e. The van der Waals surface area contributed by atoms with Gasteiger partial charge in [-0.25, -0.2) is 9.97 Å². The molecular formula is C44H26N4. The van der Waals surface area contributed by atoms with Gasteiger partial charge in [0.1, 0.15) is 0 Å². The zero-order valence-corrected chi connectivity index (χ0v) is 25.8.